The van der Waals surface area contributed by atoms with Crippen molar-refractivity contribution >= 4 is 15.9 Å². The van der Waals surface area contributed by atoms with Crippen LogP contribution in [0, 0.1) is 22.7 Å². The van der Waals surface area contributed by atoms with Crippen molar-refractivity contribution in [2.24, 2.45) is 0 Å². The van der Waals surface area contributed by atoms with Crippen LogP contribution in [0.25, 0.3) is 0 Å². The van der Waals surface area contributed by atoms with E-state index < -0.39 is 0 Å². The van der Waals surface area contributed by atoms with Gasteiger partial charge < -0.3 is 0 Å². The summed E-state index contributed by atoms with van der Waals surface area (Å²) in [7, 11) is 0. The van der Waals surface area contributed by atoms with Crippen LogP contribution in [0.5, 0.6) is 0 Å². The molecule has 2 rings (SSSR count). The molecule has 2 aromatic carbocycles. The standard InChI is InChI=1S/C15H9BrN2/c16-15(13-6-4-11(9-17)5-7-13)14-3-1-2-12(8-14)10-18/h1-8,15H. The third kappa shape index (κ3) is 2.59. The molecule has 0 fully saturated rings. The van der Waals surface area contributed by atoms with Gasteiger partial charge >= 0.3 is 0 Å². The van der Waals surface area contributed by atoms with Crippen LogP contribution in [0.3, 0.4) is 0 Å². The Morgan fingerprint density at radius 3 is 2.11 bits per heavy atom. The largest absolute Gasteiger partial charge is 0.192 e. The molecule has 0 radical (unpaired) electrons. The lowest BCUT2D eigenvalue weighted by atomic mass is 10.0. The zero-order valence-electron chi connectivity index (χ0n) is 9.47. The maximum absolute atomic E-state index is 8.88. The molecule has 0 spiro atoms. The van der Waals surface area contributed by atoms with Gasteiger partial charge in [0.1, 0.15) is 0 Å². The maximum Gasteiger partial charge on any atom is 0.0991 e. The highest BCUT2D eigenvalue weighted by atomic mass is 79.9. The van der Waals surface area contributed by atoms with Gasteiger partial charge in [-0.2, -0.15) is 10.5 Å². The zero-order valence-corrected chi connectivity index (χ0v) is 11.1. The predicted molar refractivity (Wildman–Crippen MR) is 73.1 cm³/mol. The molecule has 1 unspecified atom stereocenters. The summed E-state index contributed by atoms with van der Waals surface area (Å²) < 4.78 is 0. The minimum Gasteiger partial charge on any atom is -0.192 e. The van der Waals surface area contributed by atoms with Crippen LogP contribution < -0.4 is 0 Å². The van der Waals surface area contributed by atoms with Gasteiger partial charge in [-0.3, -0.25) is 0 Å². The van der Waals surface area contributed by atoms with Crippen molar-refractivity contribution in [2.45, 2.75) is 4.83 Å². The second kappa shape index (κ2) is 5.49. The summed E-state index contributed by atoms with van der Waals surface area (Å²) in [6, 6.07) is 19.1. The van der Waals surface area contributed by atoms with Crippen LogP contribution >= 0.6 is 15.9 Å². The van der Waals surface area contributed by atoms with Gasteiger partial charge in [0.05, 0.1) is 28.1 Å². The van der Waals surface area contributed by atoms with Crippen molar-refractivity contribution < 1.29 is 0 Å². The molecule has 0 aliphatic rings. The highest BCUT2D eigenvalue weighted by Crippen LogP contribution is 2.31. The van der Waals surface area contributed by atoms with Gasteiger partial charge in [-0.25, -0.2) is 0 Å². The molecule has 2 nitrogen and oxygen atoms in total. The molecule has 3 heteroatoms. The molecule has 2 aromatic rings. The monoisotopic (exact) mass is 296 g/mol. The summed E-state index contributed by atoms with van der Waals surface area (Å²) >= 11 is 3.61. The van der Waals surface area contributed by atoms with E-state index in [2.05, 4.69) is 28.1 Å². The molecule has 0 aliphatic heterocycles. The van der Waals surface area contributed by atoms with Gasteiger partial charge in [-0.15, -0.1) is 0 Å². The van der Waals surface area contributed by atoms with Gasteiger partial charge in [0.15, 0.2) is 0 Å². The fraction of sp³-hybridized carbons (Fsp3) is 0.0667. The summed E-state index contributed by atoms with van der Waals surface area (Å²) in [5.74, 6) is 0. The molecule has 0 aromatic heterocycles. The fourth-order valence-electron chi connectivity index (χ4n) is 1.68. The van der Waals surface area contributed by atoms with Crippen LogP contribution in [0.2, 0.25) is 0 Å². The first kappa shape index (κ1) is 12.4. The Bertz CT molecular complexity index is 633. The number of benzene rings is 2. The third-order valence-electron chi connectivity index (χ3n) is 2.64. The highest BCUT2D eigenvalue weighted by Gasteiger charge is 2.10. The topological polar surface area (TPSA) is 47.6 Å². The van der Waals surface area contributed by atoms with Crippen molar-refractivity contribution in [3.8, 4) is 12.1 Å². The van der Waals surface area contributed by atoms with E-state index in [9.17, 15) is 0 Å². The summed E-state index contributed by atoms with van der Waals surface area (Å²) in [5.41, 5.74) is 3.37. The minimum absolute atomic E-state index is 0.0264. The lowest BCUT2D eigenvalue weighted by Gasteiger charge is -2.10. The molecule has 0 bridgehead atoms. The molecule has 0 heterocycles. The summed E-state index contributed by atoms with van der Waals surface area (Å²) in [4.78, 5) is 0.0264. The summed E-state index contributed by atoms with van der Waals surface area (Å²) in [6.45, 7) is 0. The van der Waals surface area contributed by atoms with E-state index in [0.29, 0.717) is 11.1 Å². The van der Waals surface area contributed by atoms with Gasteiger partial charge in [0.25, 0.3) is 0 Å². The summed E-state index contributed by atoms with van der Waals surface area (Å²) in [6.07, 6.45) is 0. The van der Waals surface area contributed by atoms with Crippen LogP contribution in [-0.4, -0.2) is 0 Å². The lowest BCUT2D eigenvalue weighted by Crippen LogP contribution is -1.93. The van der Waals surface area contributed by atoms with E-state index in [1.165, 1.54) is 0 Å². The first-order valence-corrected chi connectivity index (χ1v) is 6.30. The Kier molecular flexibility index (Phi) is 3.77. The molecule has 1 atom stereocenters. The molecular weight excluding hydrogens is 288 g/mol. The van der Waals surface area contributed by atoms with Gasteiger partial charge in [-0.05, 0) is 35.4 Å². The molecule has 0 aliphatic carbocycles. The zero-order chi connectivity index (χ0) is 13.0. The number of nitrogens with zero attached hydrogens (tertiary/aromatic N) is 2. The number of nitriles is 2. The SMILES string of the molecule is N#Cc1ccc(C(Br)c2cccc(C#N)c2)cc1. The quantitative estimate of drug-likeness (QED) is 0.789. The van der Waals surface area contributed by atoms with Crippen molar-refractivity contribution in [3.63, 3.8) is 0 Å². The molecular formula is C15H9BrN2. The van der Waals surface area contributed by atoms with E-state index in [1.807, 2.05) is 30.3 Å². The highest BCUT2D eigenvalue weighted by molar-refractivity contribution is 9.09. The van der Waals surface area contributed by atoms with Crippen molar-refractivity contribution in [3.05, 3.63) is 70.8 Å². The molecule has 0 N–H and O–H groups in total. The average molecular weight is 297 g/mol. The van der Waals surface area contributed by atoms with Crippen molar-refractivity contribution in [1.29, 1.82) is 10.5 Å². The van der Waals surface area contributed by atoms with E-state index >= 15 is 0 Å². The predicted octanol–water partition coefficient (Wildman–Crippen LogP) is 3.91. The minimum atomic E-state index is 0.0264. The first-order valence-electron chi connectivity index (χ1n) is 5.39. The van der Waals surface area contributed by atoms with Gasteiger partial charge in [0.2, 0.25) is 0 Å². The van der Waals surface area contributed by atoms with E-state index in [4.69, 9.17) is 10.5 Å². The van der Waals surface area contributed by atoms with Gasteiger partial charge in [-0.1, -0.05) is 40.2 Å². The van der Waals surface area contributed by atoms with E-state index in [-0.39, 0.29) is 4.83 Å². The van der Waals surface area contributed by atoms with E-state index in [0.717, 1.165) is 11.1 Å². The van der Waals surface area contributed by atoms with Crippen molar-refractivity contribution in [1.82, 2.24) is 0 Å². The second-order valence-electron chi connectivity index (χ2n) is 3.83. The second-order valence-corrected chi connectivity index (χ2v) is 4.75. The Labute approximate surface area is 114 Å². The van der Waals surface area contributed by atoms with Crippen LogP contribution in [-0.2, 0) is 0 Å². The number of alkyl halides is 1. The molecule has 86 valence electrons. The number of rotatable bonds is 2. The fourth-order valence-corrected chi connectivity index (χ4v) is 2.27. The Morgan fingerprint density at radius 1 is 0.833 bits per heavy atom. The Hall–Kier alpha value is -2.10. The smallest absolute Gasteiger partial charge is 0.0991 e. The lowest BCUT2D eigenvalue weighted by molar-refractivity contribution is 1.17. The average Bonchev–Trinajstić information content (AvgIpc) is 2.46. The van der Waals surface area contributed by atoms with Crippen LogP contribution in [0.15, 0.2) is 48.5 Å². The van der Waals surface area contributed by atoms with Crippen molar-refractivity contribution in [2.75, 3.05) is 0 Å². The number of hydrogen-bond acceptors (Lipinski definition) is 2. The van der Waals surface area contributed by atoms with Crippen LogP contribution in [0.1, 0.15) is 27.1 Å². The normalized spacial score (nSPS) is 11.3. The Balaban J connectivity index is 2.32. The van der Waals surface area contributed by atoms with Gasteiger partial charge in [0, 0.05) is 0 Å². The third-order valence-corrected chi connectivity index (χ3v) is 3.70. The Morgan fingerprint density at radius 2 is 1.50 bits per heavy atom. The number of hydrogen-bond donors (Lipinski definition) is 0. The maximum atomic E-state index is 8.88. The van der Waals surface area contributed by atoms with Crippen LogP contribution in [0.4, 0.5) is 0 Å². The first-order chi connectivity index (χ1) is 8.74. The molecule has 18 heavy (non-hydrogen) atoms. The molecule has 0 amide bonds. The molecule has 0 saturated heterocycles. The molecule has 0 saturated carbocycles. The van der Waals surface area contributed by atoms with E-state index in [1.54, 1.807) is 18.2 Å². The summed E-state index contributed by atoms with van der Waals surface area (Å²) in [5, 5.41) is 17.6. The number of halogens is 1.